The number of hydrogen-bond donors (Lipinski definition) is 0. The Hall–Kier alpha value is -0.590. The second kappa shape index (κ2) is 8.76. The zero-order chi connectivity index (χ0) is 15.0. The third-order valence-corrected chi connectivity index (χ3v) is 5.50. The zero-order valence-electron chi connectivity index (χ0n) is 13.9. The van der Waals surface area contributed by atoms with Crippen LogP contribution in [0.25, 0.3) is 0 Å². The molecule has 21 heavy (non-hydrogen) atoms. The molecule has 120 valence electrons. The van der Waals surface area contributed by atoms with Gasteiger partial charge in [0.15, 0.2) is 0 Å². The Kier molecular flexibility index (Phi) is 6.99. The Morgan fingerprint density at radius 1 is 0.714 bits per heavy atom. The second-order valence-corrected chi connectivity index (χ2v) is 7.12. The van der Waals surface area contributed by atoms with Gasteiger partial charge in [-0.2, -0.15) is 5.26 Å². The van der Waals surface area contributed by atoms with E-state index in [1.165, 1.54) is 57.8 Å². The van der Waals surface area contributed by atoms with Gasteiger partial charge < -0.3 is 4.90 Å². The monoisotopic (exact) mass is 291 g/mol. The summed E-state index contributed by atoms with van der Waals surface area (Å²) < 4.78 is 0. The maximum Gasteiger partial charge on any atom is 0.109 e. The molecule has 3 nitrogen and oxygen atoms in total. The fraction of sp³-hybridized carbons (Fsp3) is 0.944. The van der Waals surface area contributed by atoms with Crippen molar-refractivity contribution < 1.29 is 0 Å². The SMILES string of the molecule is CN1CCN(C2(C#N)CCCCCCCCCCC2)CC1. The minimum Gasteiger partial charge on any atom is -0.304 e. The maximum atomic E-state index is 9.96. The normalized spacial score (nSPS) is 27.2. The Balaban J connectivity index is 1.98. The summed E-state index contributed by atoms with van der Waals surface area (Å²) in [5, 5.41) is 9.96. The van der Waals surface area contributed by atoms with Gasteiger partial charge >= 0.3 is 0 Å². The molecule has 1 heterocycles. The Morgan fingerprint density at radius 3 is 1.57 bits per heavy atom. The van der Waals surface area contributed by atoms with Crippen molar-refractivity contribution in [1.82, 2.24) is 9.80 Å². The molecule has 0 N–H and O–H groups in total. The van der Waals surface area contributed by atoms with Gasteiger partial charge in [-0.05, 0) is 19.9 Å². The van der Waals surface area contributed by atoms with E-state index in [-0.39, 0.29) is 5.54 Å². The highest BCUT2D eigenvalue weighted by atomic mass is 15.3. The molecule has 0 aromatic heterocycles. The number of nitrogens with zero attached hydrogens (tertiary/aromatic N) is 3. The predicted molar refractivity (Wildman–Crippen MR) is 88.2 cm³/mol. The lowest BCUT2D eigenvalue weighted by Gasteiger charge is -2.43. The van der Waals surface area contributed by atoms with Crippen LogP contribution in [0.1, 0.15) is 70.6 Å². The molecule has 0 radical (unpaired) electrons. The van der Waals surface area contributed by atoms with Gasteiger partial charge in [0.1, 0.15) is 5.54 Å². The minimum atomic E-state index is -0.166. The molecule has 0 aromatic carbocycles. The van der Waals surface area contributed by atoms with Gasteiger partial charge in [0.05, 0.1) is 6.07 Å². The fourth-order valence-corrected chi connectivity index (χ4v) is 3.93. The average Bonchev–Trinajstić information content (AvgIpc) is 2.49. The average molecular weight is 291 g/mol. The Morgan fingerprint density at radius 2 is 1.14 bits per heavy atom. The van der Waals surface area contributed by atoms with Crippen molar-refractivity contribution in [2.45, 2.75) is 76.2 Å². The fourth-order valence-electron chi connectivity index (χ4n) is 3.93. The molecular weight excluding hydrogens is 258 g/mol. The molecule has 2 fully saturated rings. The van der Waals surface area contributed by atoms with Crippen molar-refractivity contribution >= 4 is 0 Å². The largest absolute Gasteiger partial charge is 0.304 e. The van der Waals surface area contributed by atoms with Crippen LogP contribution in [-0.4, -0.2) is 48.6 Å². The summed E-state index contributed by atoms with van der Waals surface area (Å²) >= 11 is 0. The van der Waals surface area contributed by atoms with E-state index in [1.54, 1.807) is 0 Å². The molecule has 0 aromatic rings. The van der Waals surface area contributed by atoms with Crippen LogP contribution in [0.2, 0.25) is 0 Å². The lowest BCUT2D eigenvalue weighted by Crippen LogP contribution is -2.55. The van der Waals surface area contributed by atoms with Gasteiger partial charge in [-0.25, -0.2) is 0 Å². The summed E-state index contributed by atoms with van der Waals surface area (Å²) in [6, 6.07) is 2.76. The van der Waals surface area contributed by atoms with E-state index in [0.29, 0.717) is 0 Å². The van der Waals surface area contributed by atoms with Gasteiger partial charge in [-0.3, -0.25) is 4.90 Å². The Bertz CT molecular complexity index is 314. The van der Waals surface area contributed by atoms with Crippen LogP contribution in [0, 0.1) is 11.3 Å². The quantitative estimate of drug-likeness (QED) is 0.736. The van der Waals surface area contributed by atoms with E-state index in [1.807, 2.05) is 0 Å². The van der Waals surface area contributed by atoms with Crippen molar-refractivity contribution in [3.8, 4) is 6.07 Å². The van der Waals surface area contributed by atoms with E-state index in [2.05, 4.69) is 22.9 Å². The van der Waals surface area contributed by atoms with E-state index >= 15 is 0 Å². The van der Waals surface area contributed by atoms with Crippen LogP contribution in [0.3, 0.4) is 0 Å². The van der Waals surface area contributed by atoms with Crippen LogP contribution in [0.5, 0.6) is 0 Å². The standard InChI is InChI=1S/C18H33N3/c1-20-13-15-21(16-14-20)18(17-19)11-9-7-5-3-2-4-6-8-10-12-18/h2-16H2,1H3. The lowest BCUT2D eigenvalue weighted by atomic mass is 9.84. The molecule has 2 rings (SSSR count). The van der Waals surface area contributed by atoms with E-state index in [0.717, 1.165) is 39.0 Å². The molecule has 0 spiro atoms. The first kappa shape index (κ1) is 16.8. The second-order valence-electron chi connectivity index (χ2n) is 7.12. The molecule has 2 aliphatic rings. The highest BCUT2D eigenvalue weighted by molar-refractivity contribution is 5.09. The molecular formula is C18H33N3. The zero-order valence-corrected chi connectivity index (χ0v) is 13.9. The van der Waals surface area contributed by atoms with E-state index < -0.39 is 0 Å². The van der Waals surface area contributed by atoms with Crippen molar-refractivity contribution in [2.75, 3.05) is 33.2 Å². The number of nitriles is 1. The van der Waals surface area contributed by atoms with Crippen molar-refractivity contribution in [3.05, 3.63) is 0 Å². The van der Waals surface area contributed by atoms with Crippen LogP contribution in [0.4, 0.5) is 0 Å². The maximum absolute atomic E-state index is 9.96. The number of hydrogen-bond acceptors (Lipinski definition) is 3. The molecule has 0 unspecified atom stereocenters. The van der Waals surface area contributed by atoms with Gasteiger partial charge in [-0.1, -0.05) is 57.8 Å². The predicted octanol–water partition coefficient (Wildman–Crippen LogP) is 3.80. The number of rotatable bonds is 1. The van der Waals surface area contributed by atoms with Crippen LogP contribution < -0.4 is 0 Å². The first-order chi connectivity index (χ1) is 10.3. The summed E-state index contributed by atoms with van der Waals surface area (Å²) in [7, 11) is 2.19. The molecule has 1 aliphatic carbocycles. The summed E-state index contributed by atoms with van der Waals surface area (Å²) in [5.41, 5.74) is -0.166. The smallest absolute Gasteiger partial charge is 0.109 e. The molecule has 1 saturated heterocycles. The third-order valence-electron chi connectivity index (χ3n) is 5.50. The molecule has 0 atom stereocenters. The third kappa shape index (κ3) is 4.97. The minimum absolute atomic E-state index is 0.166. The van der Waals surface area contributed by atoms with E-state index in [9.17, 15) is 5.26 Å². The summed E-state index contributed by atoms with van der Waals surface area (Å²) in [4.78, 5) is 4.90. The van der Waals surface area contributed by atoms with Gasteiger partial charge in [0.2, 0.25) is 0 Å². The molecule has 3 heteroatoms. The summed E-state index contributed by atoms with van der Waals surface area (Å²) in [6.45, 7) is 4.38. The first-order valence-corrected chi connectivity index (χ1v) is 9.12. The summed E-state index contributed by atoms with van der Waals surface area (Å²) in [6.07, 6.45) is 14.2. The molecule has 0 bridgehead atoms. The van der Waals surface area contributed by atoms with Gasteiger partial charge in [-0.15, -0.1) is 0 Å². The van der Waals surface area contributed by atoms with Crippen molar-refractivity contribution in [3.63, 3.8) is 0 Å². The van der Waals surface area contributed by atoms with Crippen LogP contribution in [-0.2, 0) is 0 Å². The van der Waals surface area contributed by atoms with E-state index in [4.69, 9.17) is 0 Å². The Labute approximate surface area is 131 Å². The highest BCUT2D eigenvalue weighted by Crippen LogP contribution is 2.30. The lowest BCUT2D eigenvalue weighted by molar-refractivity contribution is 0.0588. The van der Waals surface area contributed by atoms with Gasteiger partial charge in [0.25, 0.3) is 0 Å². The first-order valence-electron chi connectivity index (χ1n) is 9.12. The van der Waals surface area contributed by atoms with Crippen LogP contribution >= 0.6 is 0 Å². The van der Waals surface area contributed by atoms with Gasteiger partial charge in [0, 0.05) is 26.2 Å². The van der Waals surface area contributed by atoms with Crippen molar-refractivity contribution in [1.29, 1.82) is 5.26 Å². The highest BCUT2D eigenvalue weighted by Gasteiger charge is 2.37. The molecule has 1 saturated carbocycles. The summed E-state index contributed by atoms with van der Waals surface area (Å²) in [5.74, 6) is 0. The number of likely N-dealkylation sites (N-methyl/N-ethyl adjacent to an activating group) is 1. The molecule has 0 amide bonds. The molecule has 1 aliphatic heterocycles. The topological polar surface area (TPSA) is 30.3 Å². The van der Waals surface area contributed by atoms with Crippen molar-refractivity contribution in [2.24, 2.45) is 0 Å². The van der Waals surface area contributed by atoms with Crippen LogP contribution in [0.15, 0.2) is 0 Å². The number of piperazine rings is 1.